The van der Waals surface area contributed by atoms with E-state index in [2.05, 4.69) is 97.9 Å². The van der Waals surface area contributed by atoms with Crippen molar-refractivity contribution < 1.29 is 0 Å². The second kappa shape index (κ2) is 6.65. The molecule has 0 saturated heterocycles. The summed E-state index contributed by atoms with van der Waals surface area (Å²) in [5.74, 6) is 0. The van der Waals surface area contributed by atoms with Crippen molar-refractivity contribution in [3.05, 3.63) is 91.0 Å². The minimum atomic E-state index is -2.24. The predicted octanol–water partition coefficient (Wildman–Crippen LogP) is 4.30. The topological polar surface area (TPSA) is 0 Å². The molecule has 0 spiro atoms. The number of hydrogen-bond acceptors (Lipinski definition) is 0. The van der Waals surface area contributed by atoms with Crippen molar-refractivity contribution in [1.82, 2.24) is 0 Å². The summed E-state index contributed by atoms with van der Waals surface area (Å²) in [4.78, 5) is 0. The number of rotatable bonds is 4. The molecule has 0 saturated carbocycles. The van der Waals surface area contributed by atoms with Crippen LogP contribution in [0.15, 0.2) is 91.0 Å². The first kappa shape index (κ1) is 15.3. The summed E-state index contributed by atoms with van der Waals surface area (Å²) in [5, 5.41) is 4.12. The quantitative estimate of drug-likeness (QED) is 0.495. The van der Waals surface area contributed by atoms with Crippen molar-refractivity contribution >= 4 is 34.8 Å². The molecule has 3 aromatic carbocycles. The van der Waals surface area contributed by atoms with E-state index in [4.69, 9.17) is 11.6 Å². The fourth-order valence-corrected chi connectivity index (χ4v) is 8.96. The van der Waals surface area contributed by atoms with Crippen molar-refractivity contribution in [1.29, 1.82) is 0 Å². The molecule has 0 aliphatic rings. The second-order valence-electron chi connectivity index (χ2n) is 5.52. The Morgan fingerprint density at radius 3 is 1.09 bits per heavy atom. The Bertz CT molecular complexity index is 612. The molecular formula is C20H20ClP. The summed E-state index contributed by atoms with van der Waals surface area (Å²) in [6, 6.07) is 32.2. The van der Waals surface area contributed by atoms with E-state index in [0.717, 1.165) is 0 Å². The summed E-state index contributed by atoms with van der Waals surface area (Å²) >= 11 is 6.87. The van der Waals surface area contributed by atoms with Gasteiger partial charge in [-0.25, -0.2) is 0 Å². The van der Waals surface area contributed by atoms with Gasteiger partial charge in [-0.05, 0) is 0 Å². The first-order valence-electron chi connectivity index (χ1n) is 7.57. The van der Waals surface area contributed by atoms with Gasteiger partial charge in [-0.3, -0.25) is 0 Å². The van der Waals surface area contributed by atoms with E-state index < -0.39 is 7.26 Å². The van der Waals surface area contributed by atoms with Crippen LogP contribution >= 0.6 is 18.9 Å². The van der Waals surface area contributed by atoms with E-state index in [1.807, 2.05) is 0 Å². The first-order valence-corrected chi connectivity index (χ1v) is 10.1. The Hall–Kier alpha value is -1.62. The van der Waals surface area contributed by atoms with Crippen molar-refractivity contribution in [3.8, 4) is 0 Å². The van der Waals surface area contributed by atoms with Gasteiger partial charge in [-0.2, -0.15) is 0 Å². The average molecular weight is 327 g/mol. The van der Waals surface area contributed by atoms with E-state index in [0.29, 0.717) is 0 Å². The van der Waals surface area contributed by atoms with Gasteiger partial charge < -0.3 is 0 Å². The average Bonchev–Trinajstić information content (AvgIpc) is 2.58. The zero-order valence-electron chi connectivity index (χ0n) is 12.6. The van der Waals surface area contributed by atoms with E-state index >= 15 is 0 Å². The van der Waals surface area contributed by atoms with E-state index in [9.17, 15) is 0 Å². The molecule has 3 aromatic rings. The van der Waals surface area contributed by atoms with Crippen LogP contribution in [0.2, 0.25) is 0 Å². The van der Waals surface area contributed by atoms with Crippen LogP contribution in [0.5, 0.6) is 0 Å². The van der Waals surface area contributed by atoms with Gasteiger partial charge in [0, 0.05) is 0 Å². The normalized spacial score (nSPS) is 13.5. The molecule has 0 amide bonds. The van der Waals surface area contributed by atoms with Crippen molar-refractivity contribution in [2.24, 2.45) is 0 Å². The predicted molar refractivity (Wildman–Crippen MR) is 102 cm³/mol. The first-order chi connectivity index (χ1) is 10.8. The summed E-state index contributed by atoms with van der Waals surface area (Å²) in [6.45, 7) is 2.14. The van der Waals surface area contributed by atoms with Crippen LogP contribution in [0.1, 0.15) is 6.92 Å². The maximum atomic E-state index is 6.87. The van der Waals surface area contributed by atoms with Gasteiger partial charge in [0.15, 0.2) is 0 Å². The molecule has 0 nitrogen and oxygen atoms in total. The minimum absolute atomic E-state index is 0.0553. The molecular weight excluding hydrogens is 307 g/mol. The second-order valence-corrected chi connectivity index (χ2v) is 10.8. The van der Waals surface area contributed by atoms with Gasteiger partial charge in [-0.1, -0.05) is 0 Å². The third kappa shape index (κ3) is 2.58. The van der Waals surface area contributed by atoms with Crippen LogP contribution in [0, 0.1) is 0 Å². The number of halogens is 1. The Morgan fingerprint density at radius 1 is 0.591 bits per heavy atom. The van der Waals surface area contributed by atoms with Crippen molar-refractivity contribution in [3.63, 3.8) is 0 Å². The van der Waals surface area contributed by atoms with Crippen LogP contribution in [-0.4, -0.2) is 5.12 Å². The fourth-order valence-electron chi connectivity index (χ4n) is 3.29. The van der Waals surface area contributed by atoms with Crippen LogP contribution < -0.4 is 15.9 Å². The Morgan fingerprint density at radius 2 is 0.864 bits per heavy atom. The summed E-state index contributed by atoms with van der Waals surface area (Å²) in [5.41, 5.74) is 0. The van der Waals surface area contributed by atoms with E-state index in [1.165, 1.54) is 15.9 Å². The van der Waals surface area contributed by atoms with Gasteiger partial charge in [0.05, 0.1) is 0 Å². The molecule has 3 rings (SSSR count). The maximum absolute atomic E-state index is 6.87. The molecule has 2 heteroatoms. The Kier molecular flexibility index (Phi) is 4.62. The summed E-state index contributed by atoms with van der Waals surface area (Å²) in [6.07, 6.45) is 0. The Balaban J connectivity index is 2.34. The summed E-state index contributed by atoms with van der Waals surface area (Å²) in [7, 11) is -2.24. The van der Waals surface area contributed by atoms with Gasteiger partial charge >= 0.3 is 138 Å². The van der Waals surface area contributed by atoms with Gasteiger partial charge in [0.25, 0.3) is 0 Å². The van der Waals surface area contributed by atoms with Gasteiger partial charge in [-0.15, -0.1) is 0 Å². The third-order valence-corrected chi connectivity index (χ3v) is 10.2. The van der Waals surface area contributed by atoms with Gasteiger partial charge in [0.2, 0.25) is 0 Å². The third-order valence-electron chi connectivity index (χ3n) is 4.28. The van der Waals surface area contributed by atoms with Crippen LogP contribution in [0.25, 0.3) is 0 Å². The standard InChI is InChI=1S/C20H20ClP/c1-17(21)22(18-11-5-2-6-12-18,19-13-7-3-8-14-19)20-15-9-4-10-16-20/h2-17,22H,1H3/t17-/m1/s1. The number of alkyl halides is 1. The monoisotopic (exact) mass is 326 g/mol. The number of hydrogen-bond donors (Lipinski definition) is 0. The molecule has 0 heterocycles. The molecule has 0 aliphatic heterocycles. The van der Waals surface area contributed by atoms with Crippen molar-refractivity contribution in [2.45, 2.75) is 12.0 Å². The van der Waals surface area contributed by atoms with Crippen LogP contribution in [0.3, 0.4) is 0 Å². The molecule has 1 atom stereocenters. The molecule has 22 heavy (non-hydrogen) atoms. The van der Waals surface area contributed by atoms with E-state index in [-0.39, 0.29) is 5.12 Å². The van der Waals surface area contributed by atoms with Crippen LogP contribution in [-0.2, 0) is 0 Å². The molecule has 0 unspecified atom stereocenters. The zero-order chi connectivity index (χ0) is 15.4. The SMILES string of the molecule is C[C@H](Cl)[PH](c1ccccc1)(c1ccccc1)c1ccccc1. The molecule has 112 valence electrons. The van der Waals surface area contributed by atoms with E-state index in [1.54, 1.807) is 0 Å². The van der Waals surface area contributed by atoms with Crippen molar-refractivity contribution in [2.75, 3.05) is 0 Å². The molecule has 0 N–H and O–H groups in total. The number of benzene rings is 3. The molecule has 0 bridgehead atoms. The Labute approximate surface area is 138 Å². The molecule has 0 radical (unpaired) electrons. The molecule has 0 aromatic heterocycles. The fraction of sp³-hybridized carbons (Fsp3) is 0.100. The van der Waals surface area contributed by atoms with Crippen LogP contribution in [0.4, 0.5) is 0 Å². The molecule has 0 aliphatic carbocycles. The zero-order valence-corrected chi connectivity index (χ0v) is 14.4. The summed E-state index contributed by atoms with van der Waals surface area (Å²) < 4.78 is 0. The molecule has 0 fully saturated rings. The van der Waals surface area contributed by atoms with Gasteiger partial charge in [0.1, 0.15) is 0 Å².